The second-order valence-electron chi connectivity index (χ2n) is 4.17. The third-order valence-electron chi connectivity index (χ3n) is 2.75. The summed E-state index contributed by atoms with van der Waals surface area (Å²) in [5.74, 6) is 1.04. The third-order valence-corrected chi connectivity index (χ3v) is 3.16. The van der Waals surface area contributed by atoms with Gasteiger partial charge in [0.05, 0.1) is 13.2 Å². The van der Waals surface area contributed by atoms with Crippen molar-refractivity contribution in [1.82, 2.24) is 14.9 Å². The number of nitrogens with zero attached hydrogens (tertiary/aromatic N) is 3. The van der Waals surface area contributed by atoms with Crippen molar-refractivity contribution in [2.75, 3.05) is 50.4 Å². The molecule has 0 saturated carbocycles. The van der Waals surface area contributed by atoms with Crippen LogP contribution in [0.15, 0.2) is 10.7 Å². The monoisotopic (exact) mass is 315 g/mol. The Morgan fingerprint density at radius 3 is 2.89 bits per heavy atom. The second-order valence-corrected chi connectivity index (χ2v) is 4.99. The van der Waals surface area contributed by atoms with Crippen LogP contribution >= 0.6 is 15.9 Å². The van der Waals surface area contributed by atoms with Crippen molar-refractivity contribution in [3.05, 3.63) is 10.7 Å². The van der Waals surface area contributed by atoms with Gasteiger partial charge in [-0.2, -0.15) is 4.98 Å². The summed E-state index contributed by atoms with van der Waals surface area (Å²) >= 11 is 3.29. The van der Waals surface area contributed by atoms with Crippen LogP contribution in [-0.2, 0) is 4.74 Å². The van der Waals surface area contributed by atoms with Crippen LogP contribution in [-0.4, -0.2) is 54.3 Å². The van der Waals surface area contributed by atoms with Gasteiger partial charge in [-0.1, -0.05) is 0 Å². The van der Waals surface area contributed by atoms with Crippen LogP contribution in [0.25, 0.3) is 0 Å². The Morgan fingerprint density at radius 2 is 2.17 bits per heavy atom. The van der Waals surface area contributed by atoms with E-state index in [1.165, 1.54) is 0 Å². The van der Waals surface area contributed by atoms with Gasteiger partial charge >= 0.3 is 0 Å². The zero-order valence-corrected chi connectivity index (χ0v) is 11.8. The molecule has 0 amide bonds. The molecule has 3 N–H and O–H groups in total. The summed E-state index contributed by atoms with van der Waals surface area (Å²) in [5, 5.41) is 3.18. The SMILES string of the molecule is Nc1cc(Br)nc(NCCCN2CCOCC2)n1. The summed E-state index contributed by atoms with van der Waals surface area (Å²) in [4.78, 5) is 10.7. The Balaban J connectivity index is 1.68. The summed E-state index contributed by atoms with van der Waals surface area (Å²) in [6.07, 6.45) is 1.05. The highest BCUT2D eigenvalue weighted by atomic mass is 79.9. The third kappa shape index (κ3) is 4.40. The number of nitrogen functional groups attached to an aromatic ring is 1. The molecule has 0 aliphatic carbocycles. The van der Waals surface area contributed by atoms with Crippen molar-refractivity contribution in [3.63, 3.8) is 0 Å². The molecule has 0 radical (unpaired) electrons. The zero-order valence-electron chi connectivity index (χ0n) is 10.2. The molecule has 1 saturated heterocycles. The first-order chi connectivity index (χ1) is 8.74. The van der Waals surface area contributed by atoms with Gasteiger partial charge in [0.25, 0.3) is 0 Å². The molecular formula is C11H18BrN5O. The number of morpholine rings is 1. The van der Waals surface area contributed by atoms with E-state index in [2.05, 4.69) is 36.1 Å². The molecule has 1 aliphatic heterocycles. The lowest BCUT2D eigenvalue weighted by Crippen LogP contribution is -2.37. The Hall–Kier alpha value is -0.920. The fourth-order valence-electron chi connectivity index (χ4n) is 1.84. The van der Waals surface area contributed by atoms with Gasteiger partial charge in [-0.25, -0.2) is 4.98 Å². The predicted molar refractivity (Wildman–Crippen MR) is 74.5 cm³/mol. The van der Waals surface area contributed by atoms with E-state index < -0.39 is 0 Å². The van der Waals surface area contributed by atoms with Crippen LogP contribution in [0.5, 0.6) is 0 Å². The first-order valence-electron chi connectivity index (χ1n) is 6.08. The van der Waals surface area contributed by atoms with E-state index in [0.29, 0.717) is 16.4 Å². The Bertz CT molecular complexity index is 363. The Labute approximate surface area is 115 Å². The molecular weight excluding hydrogens is 298 g/mol. The van der Waals surface area contributed by atoms with E-state index in [-0.39, 0.29) is 0 Å². The first kappa shape index (κ1) is 13.5. The lowest BCUT2D eigenvalue weighted by atomic mass is 10.3. The number of anilines is 2. The van der Waals surface area contributed by atoms with Crippen molar-refractivity contribution in [3.8, 4) is 0 Å². The number of hydrogen-bond acceptors (Lipinski definition) is 6. The highest BCUT2D eigenvalue weighted by Gasteiger charge is 2.09. The quantitative estimate of drug-likeness (QED) is 0.622. The summed E-state index contributed by atoms with van der Waals surface area (Å²) < 4.78 is 6.00. The van der Waals surface area contributed by atoms with Crippen molar-refractivity contribution in [2.45, 2.75) is 6.42 Å². The number of halogens is 1. The molecule has 1 aromatic heterocycles. The topological polar surface area (TPSA) is 76.3 Å². The van der Waals surface area contributed by atoms with Crippen LogP contribution in [0.2, 0.25) is 0 Å². The number of nitrogens with one attached hydrogen (secondary N) is 1. The molecule has 1 aromatic rings. The lowest BCUT2D eigenvalue weighted by Gasteiger charge is -2.26. The smallest absolute Gasteiger partial charge is 0.225 e. The highest BCUT2D eigenvalue weighted by molar-refractivity contribution is 9.10. The fourth-order valence-corrected chi connectivity index (χ4v) is 2.24. The van der Waals surface area contributed by atoms with E-state index in [0.717, 1.165) is 45.8 Å². The van der Waals surface area contributed by atoms with Gasteiger partial charge in [0, 0.05) is 25.7 Å². The average Bonchev–Trinajstić information content (AvgIpc) is 2.35. The largest absolute Gasteiger partial charge is 0.383 e. The van der Waals surface area contributed by atoms with Crippen LogP contribution in [0, 0.1) is 0 Å². The maximum Gasteiger partial charge on any atom is 0.225 e. The van der Waals surface area contributed by atoms with Gasteiger partial charge in [-0.05, 0) is 28.9 Å². The van der Waals surface area contributed by atoms with Crippen LogP contribution < -0.4 is 11.1 Å². The van der Waals surface area contributed by atoms with E-state index >= 15 is 0 Å². The molecule has 2 heterocycles. The summed E-state index contributed by atoms with van der Waals surface area (Å²) in [5.41, 5.74) is 5.64. The van der Waals surface area contributed by atoms with E-state index in [1.54, 1.807) is 6.07 Å². The zero-order chi connectivity index (χ0) is 12.8. The number of nitrogens with two attached hydrogens (primary N) is 1. The number of ether oxygens (including phenoxy) is 1. The standard InChI is InChI=1S/C11H18BrN5O/c12-9-8-10(13)16-11(15-9)14-2-1-3-17-4-6-18-7-5-17/h8H,1-7H2,(H3,13,14,15,16). The molecule has 0 unspecified atom stereocenters. The van der Waals surface area contributed by atoms with Crippen molar-refractivity contribution in [1.29, 1.82) is 0 Å². The van der Waals surface area contributed by atoms with Crippen LogP contribution in [0.3, 0.4) is 0 Å². The summed E-state index contributed by atoms with van der Waals surface area (Å²) in [7, 11) is 0. The maximum atomic E-state index is 5.64. The molecule has 18 heavy (non-hydrogen) atoms. The minimum absolute atomic E-state index is 0.465. The van der Waals surface area contributed by atoms with E-state index in [1.807, 2.05) is 0 Å². The van der Waals surface area contributed by atoms with Gasteiger partial charge in [0.2, 0.25) is 5.95 Å². The Morgan fingerprint density at radius 1 is 1.39 bits per heavy atom. The normalized spacial score (nSPS) is 16.7. The molecule has 0 atom stereocenters. The van der Waals surface area contributed by atoms with E-state index in [4.69, 9.17) is 10.5 Å². The van der Waals surface area contributed by atoms with Gasteiger partial charge < -0.3 is 15.8 Å². The van der Waals surface area contributed by atoms with Crippen LogP contribution in [0.1, 0.15) is 6.42 Å². The molecule has 6 nitrogen and oxygen atoms in total. The van der Waals surface area contributed by atoms with Crippen molar-refractivity contribution >= 4 is 27.7 Å². The fraction of sp³-hybridized carbons (Fsp3) is 0.636. The Kier molecular flexibility index (Phi) is 5.15. The molecule has 1 fully saturated rings. The number of hydrogen-bond donors (Lipinski definition) is 2. The molecule has 100 valence electrons. The van der Waals surface area contributed by atoms with Crippen LogP contribution in [0.4, 0.5) is 11.8 Å². The van der Waals surface area contributed by atoms with Crippen molar-refractivity contribution < 1.29 is 4.74 Å². The van der Waals surface area contributed by atoms with Gasteiger partial charge in [-0.3, -0.25) is 4.90 Å². The number of rotatable bonds is 5. The van der Waals surface area contributed by atoms with Gasteiger partial charge in [0.15, 0.2) is 0 Å². The van der Waals surface area contributed by atoms with Gasteiger partial charge in [-0.15, -0.1) is 0 Å². The second kappa shape index (κ2) is 6.86. The molecule has 1 aliphatic rings. The summed E-state index contributed by atoms with van der Waals surface area (Å²) in [6, 6.07) is 1.68. The van der Waals surface area contributed by atoms with Gasteiger partial charge in [0.1, 0.15) is 10.4 Å². The minimum atomic E-state index is 0.465. The molecule has 7 heteroatoms. The molecule has 0 bridgehead atoms. The minimum Gasteiger partial charge on any atom is -0.383 e. The highest BCUT2D eigenvalue weighted by Crippen LogP contribution is 2.12. The van der Waals surface area contributed by atoms with Crippen molar-refractivity contribution in [2.24, 2.45) is 0 Å². The molecule has 2 rings (SSSR count). The first-order valence-corrected chi connectivity index (χ1v) is 6.87. The molecule has 0 spiro atoms. The summed E-state index contributed by atoms with van der Waals surface area (Å²) in [6.45, 7) is 5.66. The lowest BCUT2D eigenvalue weighted by molar-refractivity contribution is 0.0378. The van der Waals surface area contributed by atoms with E-state index in [9.17, 15) is 0 Å². The predicted octanol–water partition coefficient (Wildman–Crippen LogP) is 0.955. The average molecular weight is 316 g/mol. The maximum absolute atomic E-state index is 5.64. The number of aromatic nitrogens is 2. The molecule has 0 aromatic carbocycles.